The van der Waals surface area contributed by atoms with Gasteiger partial charge in [-0.05, 0) is 58.0 Å². The number of thiocarbonyl (C=S) groups is 1. The van der Waals surface area contributed by atoms with Crippen molar-refractivity contribution in [2.45, 2.75) is 0 Å². The molecule has 0 saturated carbocycles. The second-order valence-electron chi connectivity index (χ2n) is 4.43. The molecule has 23 heavy (non-hydrogen) atoms. The van der Waals surface area contributed by atoms with Crippen LogP contribution in [-0.4, -0.2) is 25.5 Å². The Morgan fingerprint density at radius 2 is 1.91 bits per heavy atom. The van der Waals surface area contributed by atoms with E-state index < -0.39 is 0 Å². The number of hydrogen-bond acceptors (Lipinski definition) is 4. The van der Waals surface area contributed by atoms with E-state index >= 15 is 0 Å². The monoisotopic (exact) mass is 393 g/mol. The largest absolute Gasteiger partial charge is 0.493 e. The second kappa shape index (κ2) is 8.50. The van der Waals surface area contributed by atoms with E-state index in [4.69, 9.17) is 21.7 Å². The zero-order chi connectivity index (χ0) is 16.7. The molecule has 0 aliphatic heterocycles. The van der Waals surface area contributed by atoms with Crippen molar-refractivity contribution in [2.24, 2.45) is 5.10 Å². The number of para-hydroxylation sites is 1. The summed E-state index contributed by atoms with van der Waals surface area (Å²) in [5.41, 5.74) is 4.50. The lowest BCUT2D eigenvalue weighted by molar-refractivity contribution is 0.353. The van der Waals surface area contributed by atoms with Gasteiger partial charge in [-0.3, -0.25) is 5.43 Å². The minimum absolute atomic E-state index is 0.409. The average molecular weight is 394 g/mol. The number of hydrazone groups is 1. The molecule has 0 unspecified atom stereocenters. The first kappa shape index (κ1) is 17.2. The Kier molecular flexibility index (Phi) is 6.37. The topological polar surface area (TPSA) is 54.9 Å². The Morgan fingerprint density at radius 1 is 1.17 bits per heavy atom. The first-order chi connectivity index (χ1) is 11.1. The van der Waals surface area contributed by atoms with Gasteiger partial charge in [-0.15, -0.1) is 0 Å². The molecule has 0 saturated heterocycles. The van der Waals surface area contributed by atoms with Crippen LogP contribution in [0.2, 0.25) is 0 Å². The Bertz CT molecular complexity index is 708. The van der Waals surface area contributed by atoms with Gasteiger partial charge in [0.15, 0.2) is 16.6 Å². The lowest BCUT2D eigenvalue weighted by Gasteiger charge is -2.10. The van der Waals surface area contributed by atoms with Crippen LogP contribution < -0.4 is 20.2 Å². The Hall–Kier alpha value is -2.12. The van der Waals surface area contributed by atoms with Crippen molar-refractivity contribution in [2.75, 3.05) is 19.5 Å². The van der Waals surface area contributed by atoms with Crippen LogP contribution in [0.1, 0.15) is 5.56 Å². The lowest BCUT2D eigenvalue weighted by Crippen LogP contribution is -2.23. The summed E-state index contributed by atoms with van der Waals surface area (Å²) < 4.78 is 11.3. The van der Waals surface area contributed by atoms with E-state index in [0.717, 1.165) is 15.7 Å². The van der Waals surface area contributed by atoms with E-state index in [-0.39, 0.29) is 0 Å². The zero-order valence-electron chi connectivity index (χ0n) is 12.7. The Morgan fingerprint density at radius 3 is 2.57 bits per heavy atom. The fourth-order valence-corrected chi connectivity index (χ4v) is 2.65. The number of benzene rings is 2. The highest BCUT2D eigenvalue weighted by Crippen LogP contribution is 2.35. The van der Waals surface area contributed by atoms with Gasteiger partial charge >= 0.3 is 0 Å². The van der Waals surface area contributed by atoms with E-state index in [9.17, 15) is 0 Å². The molecular weight excluding hydrogens is 378 g/mol. The van der Waals surface area contributed by atoms with Gasteiger partial charge < -0.3 is 14.8 Å². The summed E-state index contributed by atoms with van der Waals surface area (Å²) in [6.45, 7) is 0. The van der Waals surface area contributed by atoms with Gasteiger partial charge in [0.2, 0.25) is 0 Å². The fourth-order valence-electron chi connectivity index (χ4n) is 1.86. The maximum Gasteiger partial charge on any atom is 0.191 e. The van der Waals surface area contributed by atoms with Crippen molar-refractivity contribution >= 4 is 45.2 Å². The minimum atomic E-state index is 0.409. The number of ether oxygens (including phenoxy) is 2. The van der Waals surface area contributed by atoms with Crippen LogP contribution in [0, 0.1) is 0 Å². The van der Waals surface area contributed by atoms with Crippen molar-refractivity contribution < 1.29 is 9.47 Å². The van der Waals surface area contributed by atoms with Crippen molar-refractivity contribution in [3.8, 4) is 11.5 Å². The van der Waals surface area contributed by atoms with Gasteiger partial charge in [-0.1, -0.05) is 18.2 Å². The third-order valence-electron chi connectivity index (χ3n) is 2.87. The zero-order valence-corrected chi connectivity index (χ0v) is 15.1. The number of rotatable bonds is 5. The molecule has 0 aromatic heterocycles. The molecule has 2 aromatic carbocycles. The van der Waals surface area contributed by atoms with Crippen molar-refractivity contribution in [1.82, 2.24) is 5.43 Å². The highest BCUT2D eigenvalue weighted by atomic mass is 79.9. The van der Waals surface area contributed by atoms with Gasteiger partial charge in [0.25, 0.3) is 0 Å². The van der Waals surface area contributed by atoms with E-state index in [1.165, 1.54) is 0 Å². The Balaban J connectivity index is 2.00. The summed E-state index contributed by atoms with van der Waals surface area (Å²) in [5.74, 6) is 1.26. The number of halogens is 1. The van der Waals surface area contributed by atoms with Gasteiger partial charge in [-0.25, -0.2) is 0 Å². The number of nitrogens with zero attached hydrogens (tertiary/aromatic N) is 1. The molecule has 0 atom stereocenters. The van der Waals surface area contributed by atoms with Crippen LogP contribution in [-0.2, 0) is 0 Å². The molecule has 7 heteroatoms. The number of nitrogens with one attached hydrogen (secondary N) is 2. The molecule has 120 valence electrons. The predicted octanol–water partition coefficient (Wildman–Crippen LogP) is 3.79. The van der Waals surface area contributed by atoms with Gasteiger partial charge in [-0.2, -0.15) is 5.10 Å². The molecule has 2 aromatic rings. The number of anilines is 1. The molecular formula is C16H16BrN3O2S. The summed E-state index contributed by atoms with van der Waals surface area (Å²) in [7, 11) is 3.17. The summed E-state index contributed by atoms with van der Waals surface area (Å²) in [4.78, 5) is 0. The molecule has 0 aliphatic carbocycles. The third kappa shape index (κ3) is 4.94. The maximum atomic E-state index is 5.29. The fraction of sp³-hybridized carbons (Fsp3) is 0.125. The molecule has 0 radical (unpaired) electrons. The molecule has 2 rings (SSSR count). The smallest absolute Gasteiger partial charge is 0.191 e. The Labute approximate surface area is 148 Å². The van der Waals surface area contributed by atoms with E-state index in [1.807, 2.05) is 42.5 Å². The first-order valence-electron chi connectivity index (χ1n) is 6.70. The quantitative estimate of drug-likeness (QED) is 0.459. The highest BCUT2D eigenvalue weighted by Gasteiger charge is 2.09. The molecule has 0 aliphatic rings. The molecule has 5 nitrogen and oxygen atoms in total. The molecule has 0 amide bonds. The molecule has 0 spiro atoms. The van der Waals surface area contributed by atoms with E-state index in [2.05, 4.69) is 31.8 Å². The lowest BCUT2D eigenvalue weighted by atomic mass is 10.2. The second-order valence-corrected chi connectivity index (χ2v) is 5.69. The summed E-state index contributed by atoms with van der Waals surface area (Å²) in [5, 5.41) is 7.56. The first-order valence-corrected chi connectivity index (χ1v) is 7.90. The van der Waals surface area contributed by atoms with Crippen LogP contribution in [0.15, 0.2) is 52.0 Å². The standard InChI is InChI=1S/C16H16BrN3O2S/c1-21-14-9-11(8-13(17)15(14)22-2)10-18-20-16(23)19-12-6-4-3-5-7-12/h3-10H,1-2H3,(H2,19,20,23)/b18-10+. The van der Waals surface area contributed by atoms with Crippen molar-refractivity contribution in [1.29, 1.82) is 0 Å². The molecule has 0 bridgehead atoms. The van der Waals surface area contributed by atoms with Gasteiger partial charge in [0.05, 0.1) is 24.9 Å². The van der Waals surface area contributed by atoms with E-state index in [0.29, 0.717) is 16.6 Å². The van der Waals surface area contributed by atoms with Crippen molar-refractivity contribution in [3.63, 3.8) is 0 Å². The summed E-state index contributed by atoms with van der Waals surface area (Å²) in [6.07, 6.45) is 1.64. The highest BCUT2D eigenvalue weighted by molar-refractivity contribution is 9.10. The summed E-state index contributed by atoms with van der Waals surface area (Å²) >= 11 is 8.61. The predicted molar refractivity (Wildman–Crippen MR) is 101 cm³/mol. The molecule has 0 heterocycles. The molecule has 2 N–H and O–H groups in total. The third-order valence-corrected chi connectivity index (χ3v) is 3.65. The van der Waals surface area contributed by atoms with Crippen LogP contribution in [0.3, 0.4) is 0 Å². The van der Waals surface area contributed by atoms with Crippen LogP contribution in [0.25, 0.3) is 0 Å². The maximum absolute atomic E-state index is 5.29. The normalized spacial score (nSPS) is 10.4. The van der Waals surface area contributed by atoms with E-state index in [1.54, 1.807) is 20.4 Å². The van der Waals surface area contributed by atoms with Crippen LogP contribution in [0.4, 0.5) is 5.69 Å². The molecule has 0 fully saturated rings. The number of hydrogen-bond donors (Lipinski definition) is 2. The van der Waals surface area contributed by atoms with Gasteiger partial charge in [0, 0.05) is 5.69 Å². The van der Waals surface area contributed by atoms with Gasteiger partial charge in [0.1, 0.15) is 0 Å². The minimum Gasteiger partial charge on any atom is -0.493 e. The SMILES string of the molecule is COc1cc(/C=N/NC(=S)Nc2ccccc2)cc(Br)c1OC. The number of methoxy groups -OCH3 is 2. The van der Waals surface area contributed by atoms with Crippen LogP contribution in [0.5, 0.6) is 11.5 Å². The van der Waals surface area contributed by atoms with Crippen LogP contribution >= 0.6 is 28.1 Å². The average Bonchev–Trinajstić information content (AvgIpc) is 2.55. The van der Waals surface area contributed by atoms with Crippen molar-refractivity contribution in [3.05, 3.63) is 52.5 Å². The summed E-state index contributed by atoms with van der Waals surface area (Å²) in [6, 6.07) is 13.3.